The minimum Gasteiger partial charge on any atom is -0.373 e. The highest BCUT2D eigenvalue weighted by Crippen LogP contribution is 2.27. The van der Waals surface area contributed by atoms with E-state index in [0.29, 0.717) is 6.61 Å². The van der Waals surface area contributed by atoms with Crippen molar-refractivity contribution in [2.45, 2.75) is 40.0 Å². The first kappa shape index (κ1) is 12.5. The van der Waals surface area contributed by atoms with Crippen LogP contribution >= 0.6 is 11.6 Å². The van der Waals surface area contributed by atoms with Crippen LogP contribution in [-0.4, -0.2) is 10.7 Å². The topological polar surface area (TPSA) is 14.2 Å². The van der Waals surface area contributed by atoms with Crippen molar-refractivity contribution >= 4 is 22.5 Å². The van der Waals surface area contributed by atoms with E-state index >= 15 is 0 Å². The fourth-order valence-corrected chi connectivity index (χ4v) is 2.35. The number of aromatic nitrogens is 1. The van der Waals surface area contributed by atoms with E-state index in [2.05, 4.69) is 23.6 Å². The van der Waals surface area contributed by atoms with E-state index in [1.54, 1.807) is 0 Å². The van der Waals surface area contributed by atoms with Crippen molar-refractivity contribution in [2.75, 3.05) is 0 Å². The van der Waals surface area contributed by atoms with Crippen molar-refractivity contribution in [3.8, 4) is 0 Å². The van der Waals surface area contributed by atoms with Crippen molar-refractivity contribution in [3.63, 3.8) is 0 Å². The predicted molar refractivity (Wildman–Crippen MR) is 72.5 cm³/mol. The maximum atomic E-state index is 6.26. The summed E-state index contributed by atoms with van der Waals surface area (Å²) in [6, 6.07) is 8.17. The number of hydrogen-bond donors (Lipinski definition) is 0. The average molecular weight is 252 g/mol. The Hall–Kier alpha value is -0.990. The van der Waals surface area contributed by atoms with Gasteiger partial charge in [0.1, 0.15) is 0 Å². The van der Waals surface area contributed by atoms with Crippen molar-refractivity contribution < 1.29 is 4.74 Å². The molecule has 0 N–H and O–H groups in total. The van der Waals surface area contributed by atoms with E-state index in [9.17, 15) is 0 Å². The predicted octanol–water partition coefficient (Wildman–Crippen LogP) is 4.24. The minimum atomic E-state index is 0.244. The van der Waals surface area contributed by atoms with Crippen LogP contribution in [-0.2, 0) is 17.9 Å². The summed E-state index contributed by atoms with van der Waals surface area (Å²) in [6.45, 7) is 7.76. The van der Waals surface area contributed by atoms with Crippen LogP contribution in [0.25, 0.3) is 10.9 Å². The third kappa shape index (κ3) is 2.48. The number of halogens is 1. The Morgan fingerprint density at radius 1 is 1.35 bits per heavy atom. The van der Waals surface area contributed by atoms with Crippen molar-refractivity contribution in [3.05, 3.63) is 35.0 Å². The molecule has 0 saturated heterocycles. The number of hydrogen-bond acceptors (Lipinski definition) is 1. The van der Waals surface area contributed by atoms with Crippen molar-refractivity contribution in [1.29, 1.82) is 0 Å². The smallest absolute Gasteiger partial charge is 0.0871 e. The summed E-state index contributed by atoms with van der Waals surface area (Å²) >= 11 is 6.26. The molecular weight excluding hydrogens is 234 g/mol. The van der Waals surface area contributed by atoms with Crippen LogP contribution in [0.2, 0.25) is 5.02 Å². The highest BCUT2D eigenvalue weighted by atomic mass is 35.5. The van der Waals surface area contributed by atoms with Gasteiger partial charge in [-0.15, -0.1) is 0 Å². The second-order valence-electron chi connectivity index (χ2n) is 4.42. The Labute approximate surface area is 107 Å². The van der Waals surface area contributed by atoms with Crippen LogP contribution in [0.3, 0.4) is 0 Å². The molecule has 0 bridgehead atoms. The summed E-state index contributed by atoms with van der Waals surface area (Å²) in [5.41, 5.74) is 2.29. The molecule has 0 spiro atoms. The normalized spacial score (nSPS) is 11.6. The summed E-state index contributed by atoms with van der Waals surface area (Å²) in [5, 5.41) is 1.99. The monoisotopic (exact) mass is 251 g/mol. The van der Waals surface area contributed by atoms with Crippen LogP contribution in [0.5, 0.6) is 0 Å². The van der Waals surface area contributed by atoms with Gasteiger partial charge in [-0.25, -0.2) is 0 Å². The summed E-state index contributed by atoms with van der Waals surface area (Å²) in [6.07, 6.45) is 0.244. The summed E-state index contributed by atoms with van der Waals surface area (Å²) in [5.74, 6) is 0. The molecule has 0 saturated carbocycles. The summed E-state index contributed by atoms with van der Waals surface area (Å²) < 4.78 is 7.90. The number of benzene rings is 1. The van der Waals surface area contributed by atoms with Crippen molar-refractivity contribution in [2.24, 2.45) is 0 Å². The lowest BCUT2D eigenvalue weighted by molar-refractivity contribution is 0.0620. The van der Waals surface area contributed by atoms with Gasteiger partial charge in [-0.3, -0.25) is 0 Å². The van der Waals surface area contributed by atoms with Gasteiger partial charge in [0.15, 0.2) is 0 Å². The molecule has 0 aliphatic rings. The molecule has 0 radical (unpaired) electrons. The lowest BCUT2D eigenvalue weighted by Gasteiger charge is -2.11. The molecule has 17 heavy (non-hydrogen) atoms. The number of ether oxygens (including phenoxy) is 1. The van der Waals surface area contributed by atoms with Gasteiger partial charge in [-0.2, -0.15) is 0 Å². The second kappa shape index (κ2) is 5.11. The maximum Gasteiger partial charge on any atom is 0.0871 e. The fraction of sp³-hybridized carbons (Fsp3) is 0.429. The van der Waals surface area contributed by atoms with Gasteiger partial charge in [0.05, 0.1) is 23.3 Å². The number of nitrogens with zero attached hydrogens (tertiary/aromatic N) is 1. The fourth-order valence-electron chi connectivity index (χ4n) is 2.07. The molecule has 2 rings (SSSR count). The SMILES string of the molecule is CCn1c(COC(C)C)cc2cccc(Cl)c21. The molecule has 0 aliphatic heterocycles. The molecule has 2 nitrogen and oxygen atoms in total. The summed E-state index contributed by atoms with van der Waals surface area (Å²) in [7, 11) is 0. The zero-order valence-electron chi connectivity index (χ0n) is 10.5. The maximum absolute atomic E-state index is 6.26. The highest BCUT2D eigenvalue weighted by Gasteiger charge is 2.10. The van der Waals surface area contributed by atoms with Crippen LogP contribution in [0, 0.1) is 0 Å². The average Bonchev–Trinajstić information content (AvgIpc) is 2.65. The third-order valence-electron chi connectivity index (χ3n) is 2.84. The zero-order valence-corrected chi connectivity index (χ0v) is 11.3. The van der Waals surface area contributed by atoms with Gasteiger partial charge in [-0.05, 0) is 32.9 Å². The van der Waals surface area contributed by atoms with Crippen LogP contribution < -0.4 is 0 Å². The van der Waals surface area contributed by atoms with Crippen LogP contribution in [0.4, 0.5) is 0 Å². The summed E-state index contributed by atoms with van der Waals surface area (Å²) in [4.78, 5) is 0. The molecule has 0 unspecified atom stereocenters. The quantitative estimate of drug-likeness (QED) is 0.793. The van der Waals surface area contributed by atoms with Gasteiger partial charge in [0.25, 0.3) is 0 Å². The van der Waals surface area contributed by atoms with E-state index in [1.807, 2.05) is 26.0 Å². The van der Waals surface area contributed by atoms with Gasteiger partial charge in [0, 0.05) is 17.6 Å². The lowest BCUT2D eigenvalue weighted by Crippen LogP contribution is -2.07. The first-order valence-corrected chi connectivity index (χ1v) is 6.39. The Morgan fingerprint density at radius 2 is 2.12 bits per heavy atom. The first-order chi connectivity index (χ1) is 8.13. The Kier molecular flexibility index (Phi) is 3.75. The number of aryl methyl sites for hydroxylation is 1. The Balaban J connectivity index is 2.45. The van der Waals surface area contributed by atoms with Gasteiger partial charge >= 0.3 is 0 Å². The largest absolute Gasteiger partial charge is 0.373 e. The van der Waals surface area contributed by atoms with E-state index in [1.165, 1.54) is 11.1 Å². The molecule has 92 valence electrons. The van der Waals surface area contributed by atoms with E-state index in [4.69, 9.17) is 16.3 Å². The molecular formula is C14H18ClNO. The van der Waals surface area contributed by atoms with Gasteiger partial charge < -0.3 is 9.30 Å². The molecule has 0 fully saturated rings. The molecule has 0 amide bonds. The molecule has 3 heteroatoms. The molecule has 0 atom stereocenters. The highest BCUT2D eigenvalue weighted by molar-refractivity contribution is 6.35. The van der Waals surface area contributed by atoms with E-state index < -0.39 is 0 Å². The third-order valence-corrected chi connectivity index (χ3v) is 3.14. The number of fused-ring (bicyclic) bond motifs is 1. The molecule has 1 aromatic carbocycles. The van der Waals surface area contributed by atoms with Gasteiger partial charge in [0.2, 0.25) is 0 Å². The standard InChI is InChI=1S/C14H18ClNO/c1-4-16-12(9-17-10(2)3)8-11-6-5-7-13(15)14(11)16/h5-8,10H,4,9H2,1-3H3. The first-order valence-electron chi connectivity index (χ1n) is 6.01. The molecule has 0 aliphatic carbocycles. The van der Waals surface area contributed by atoms with E-state index in [0.717, 1.165) is 17.1 Å². The number of para-hydroxylation sites is 1. The zero-order chi connectivity index (χ0) is 12.4. The van der Waals surface area contributed by atoms with Gasteiger partial charge in [-0.1, -0.05) is 23.7 Å². The van der Waals surface area contributed by atoms with E-state index in [-0.39, 0.29) is 6.10 Å². The Bertz CT molecular complexity index is 516. The molecule has 1 heterocycles. The Morgan fingerprint density at radius 3 is 2.76 bits per heavy atom. The number of rotatable bonds is 4. The molecule has 2 aromatic rings. The molecule has 1 aromatic heterocycles. The second-order valence-corrected chi connectivity index (χ2v) is 4.82. The van der Waals surface area contributed by atoms with Crippen LogP contribution in [0.1, 0.15) is 26.5 Å². The van der Waals surface area contributed by atoms with Crippen molar-refractivity contribution in [1.82, 2.24) is 4.57 Å². The lowest BCUT2D eigenvalue weighted by atomic mass is 10.2. The van der Waals surface area contributed by atoms with Crippen LogP contribution in [0.15, 0.2) is 24.3 Å². The minimum absolute atomic E-state index is 0.244.